The number of unbranched alkanes of at least 4 members (excludes halogenated alkanes) is 5. The fourth-order valence-corrected chi connectivity index (χ4v) is 2.35. The van der Waals surface area contributed by atoms with Crippen LogP contribution in [0.2, 0.25) is 0 Å². The summed E-state index contributed by atoms with van der Waals surface area (Å²) in [4.78, 5) is 0. The fourth-order valence-electron chi connectivity index (χ4n) is 2.35. The molecule has 1 saturated heterocycles. The molecule has 96 valence electrons. The average molecular weight is 227 g/mol. The third-order valence-corrected chi connectivity index (χ3v) is 3.67. The van der Waals surface area contributed by atoms with Crippen LogP contribution in [0, 0.1) is 5.92 Å². The maximum absolute atomic E-state index is 5.41. The van der Waals surface area contributed by atoms with Gasteiger partial charge in [-0.2, -0.15) is 0 Å². The lowest BCUT2D eigenvalue weighted by atomic mass is 10.0. The minimum atomic E-state index is 0.637. The third-order valence-electron chi connectivity index (χ3n) is 3.67. The zero-order valence-corrected chi connectivity index (χ0v) is 11.1. The van der Waals surface area contributed by atoms with Crippen molar-refractivity contribution in [3.05, 3.63) is 0 Å². The predicted octanol–water partition coefficient (Wildman–Crippen LogP) is 3.36. The third kappa shape index (κ3) is 5.86. The number of ether oxygens (including phenoxy) is 1. The molecule has 0 aromatic carbocycles. The van der Waals surface area contributed by atoms with Gasteiger partial charge in [0.05, 0.1) is 6.61 Å². The normalized spacial score (nSPS) is 22.5. The smallest absolute Gasteiger partial charge is 0.0509 e. The SMILES string of the molecule is CCCCCCCCNC(C)C1CCOC1. The molecule has 0 aromatic heterocycles. The zero-order chi connectivity index (χ0) is 11.6. The van der Waals surface area contributed by atoms with Crippen molar-refractivity contribution in [1.82, 2.24) is 5.32 Å². The molecule has 0 spiro atoms. The van der Waals surface area contributed by atoms with Gasteiger partial charge in [-0.1, -0.05) is 39.0 Å². The second kappa shape index (κ2) is 9.00. The van der Waals surface area contributed by atoms with Gasteiger partial charge in [0, 0.05) is 12.6 Å². The highest BCUT2D eigenvalue weighted by molar-refractivity contribution is 4.75. The second-order valence-corrected chi connectivity index (χ2v) is 5.13. The van der Waals surface area contributed by atoms with Gasteiger partial charge in [-0.25, -0.2) is 0 Å². The first-order valence-corrected chi connectivity index (χ1v) is 7.15. The molecule has 1 rings (SSSR count). The van der Waals surface area contributed by atoms with Crippen molar-refractivity contribution in [2.24, 2.45) is 5.92 Å². The summed E-state index contributed by atoms with van der Waals surface area (Å²) in [7, 11) is 0. The topological polar surface area (TPSA) is 21.3 Å². The minimum Gasteiger partial charge on any atom is -0.381 e. The molecule has 2 unspecified atom stereocenters. The summed E-state index contributed by atoms with van der Waals surface area (Å²) in [5, 5.41) is 3.64. The van der Waals surface area contributed by atoms with Gasteiger partial charge in [0.15, 0.2) is 0 Å². The van der Waals surface area contributed by atoms with Crippen molar-refractivity contribution >= 4 is 0 Å². The molecule has 2 heteroatoms. The van der Waals surface area contributed by atoms with Gasteiger partial charge < -0.3 is 10.1 Å². The van der Waals surface area contributed by atoms with Gasteiger partial charge in [-0.3, -0.25) is 0 Å². The van der Waals surface area contributed by atoms with Crippen molar-refractivity contribution in [3.63, 3.8) is 0 Å². The van der Waals surface area contributed by atoms with E-state index in [4.69, 9.17) is 4.74 Å². The van der Waals surface area contributed by atoms with Crippen molar-refractivity contribution in [1.29, 1.82) is 0 Å². The van der Waals surface area contributed by atoms with Crippen molar-refractivity contribution in [2.75, 3.05) is 19.8 Å². The summed E-state index contributed by atoms with van der Waals surface area (Å²) in [6, 6.07) is 0.637. The van der Waals surface area contributed by atoms with Crippen LogP contribution in [-0.2, 0) is 4.74 Å². The molecule has 1 heterocycles. The first kappa shape index (κ1) is 14.0. The zero-order valence-electron chi connectivity index (χ0n) is 11.1. The number of hydrogen-bond acceptors (Lipinski definition) is 2. The van der Waals surface area contributed by atoms with Gasteiger partial charge in [0.1, 0.15) is 0 Å². The molecule has 1 aliphatic rings. The lowest BCUT2D eigenvalue weighted by Crippen LogP contribution is -2.34. The van der Waals surface area contributed by atoms with Crippen LogP contribution < -0.4 is 5.32 Å². The Morgan fingerprint density at radius 1 is 1.19 bits per heavy atom. The molecule has 0 aromatic rings. The molecular weight excluding hydrogens is 198 g/mol. The van der Waals surface area contributed by atoms with Gasteiger partial charge in [-0.05, 0) is 32.2 Å². The number of hydrogen-bond donors (Lipinski definition) is 1. The summed E-state index contributed by atoms with van der Waals surface area (Å²) in [6.45, 7) is 7.69. The van der Waals surface area contributed by atoms with Crippen LogP contribution in [0.5, 0.6) is 0 Å². The molecule has 1 N–H and O–H groups in total. The molecule has 2 atom stereocenters. The molecule has 0 amide bonds. The lowest BCUT2D eigenvalue weighted by molar-refractivity contribution is 0.178. The van der Waals surface area contributed by atoms with E-state index in [9.17, 15) is 0 Å². The van der Waals surface area contributed by atoms with E-state index in [1.54, 1.807) is 0 Å². The Balaban J connectivity index is 1.86. The van der Waals surface area contributed by atoms with Gasteiger partial charge in [0.25, 0.3) is 0 Å². The Morgan fingerprint density at radius 3 is 2.62 bits per heavy atom. The molecule has 0 saturated carbocycles. The van der Waals surface area contributed by atoms with Crippen LogP contribution >= 0.6 is 0 Å². The van der Waals surface area contributed by atoms with E-state index in [0.717, 1.165) is 19.1 Å². The van der Waals surface area contributed by atoms with E-state index in [2.05, 4.69) is 19.2 Å². The van der Waals surface area contributed by atoms with Crippen LogP contribution in [-0.4, -0.2) is 25.8 Å². The van der Waals surface area contributed by atoms with E-state index in [1.165, 1.54) is 51.5 Å². The lowest BCUT2D eigenvalue weighted by Gasteiger charge is -2.19. The summed E-state index contributed by atoms with van der Waals surface area (Å²) in [6.07, 6.45) is 9.55. The summed E-state index contributed by atoms with van der Waals surface area (Å²) >= 11 is 0. The molecule has 16 heavy (non-hydrogen) atoms. The molecule has 1 fully saturated rings. The Hall–Kier alpha value is -0.0800. The monoisotopic (exact) mass is 227 g/mol. The Labute approximate surface area is 101 Å². The van der Waals surface area contributed by atoms with Crippen LogP contribution in [0.3, 0.4) is 0 Å². The van der Waals surface area contributed by atoms with Crippen molar-refractivity contribution in [2.45, 2.75) is 64.8 Å². The van der Waals surface area contributed by atoms with E-state index in [0.29, 0.717) is 6.04 Å². The standard InChI is InChI=1S/C14H29NO/c1-3-4-5-6-7-8-10-15-13(2)14-9-11-16-12-14/h13-15H,3-12H2,1-2H3. The highest BCUT2D eigenvalue weighted by atomic mass is 16.5. The molecule has 2 nitrogen and oxygen atoms in total. The number of rotatable bonds is 9. The quantitative estimate of drug-likeness (QED) is 0.610. The van der Waals surface area contributed by atoms with Crippen LogP contribution in [0.1, 0.15) is 58.8 Å². The maximum Gasteiger partial charge on any atom is 0.0509 e. The molecule has 0 radical (unpaired) electrons. The van der Waals surface area contributed by atoms with E-state index in [-0.39, 0.29) is 0 Å². The first-order valence-electron chi connectivity index (χ1n) is 7.15. The summed E-state index contributed by atoms with van der Waals surface area (Å²) < 4.78 is 5.41. The van der Waals surface area contributed by atoms with Crippen LogP contribution in [0.15, 0.2) is 0 Å². The van der Waals surface area contributed by atoms with Crippen molar-refractivity contribution < 1.29 is 4.74 Å². The van der Waals surface area contributed by atoms with E-state index >= 15 is 0 Å². The van der Waals surface area contributed by atoms with Crippen molar-refractivity contribution in [3.8, 4) is 0 Å². The first-order chi connectivity index (χ1) is 7.84. The van der Waals surface area contributed by atoms with Gasteiger partial charge in [0.2, 0.25) is 0 Å². The Kier molecular flexibility index (Phi) is 7.87. The largest absolute Gasteiger partial charge is 0.381 e. The maximum atomic E-state index is 5.41. The van der Waals surface area contributed by atoms with Gasteiger partial charge in [-0.15, -0.1) is 0 Å². The molecular formula is C14H29NO. The average Bonchev–Trinajstić information content (AvgIpc) is 2.81. The number of nitrogens with one attached hydrogen (secondary N) is 1. The van der Waals surface area contributed by atoms with E-state index in [1.807, 2.05) is 0 Å². The highest BCUT2D eigenvalue weighted by Gasteiger charge is 2.21. The second-order valence-electron chi connectivity index (χ2n) is 5.13. The Morgan fingerprint density at radius 2 is 1.94 bits per heavy atom. The summed E-state index contributed by atoms with van der Waals surface area (Å²) in [5.74, 6) is 0.750. The highest BCUT2D eigenvalue weighted by Crippen LogP contribution is 2.16. The molecule has 1 aliphatic heterocycles. The van der Waals surface area contributed by atoms with Gasteiger partial charge >= 0.3 is 0 Å². The summed E-state index contributed by atoms with van der Waals surface area (Å²) in [5.41, 5.74) is 0. The van der Waals surface area contributed by atoms with E-state index < -0.39 is 0 Å². The predicted molar refractivity (Wildman–Crippen MR) is 69.8 cm³/mol. The van der Waals surface area contributed by atoms with Crippen LogP contribution in [0.4, 0.5) is 0 Å². The molecule has 0 bridgehead atoms. The Bertz CT molecular complexity index is 155. The fraction of sp³-hybridized carbons (Fsp3) is 1.00. The minimum absolute atomic E-state index is 0.637. The molecule has 0 aliphatic carbocycles. The van der Waals surface area contributed by atoms with Crippen LogP contribution in [0.25, 0.3) is 0 Å².